The predicted octanol–water partition coefficient (Wildman–Crippen LogP) is 6.61. The third-order valence-corrected chi connectivity index (χ3v) is 4.08. The van der Waals surface area contributed by atoms with Crippen molar-refractivity contribution in [1.82, 2.24) is 0 Å². The van der Waals surface area contributed by atoms with Gasteiger partial charge in [0.25, 0.3) is 0 Å². The third-order valence-electron chi connectivity index (χ3n) is 4.08. The summed E-state index contributed by atoms with van der Waals surface area (Å²) in [5.74, 6) is 2.03. The van der Waals surface area contributed by atoms with E-state index < -0.39 is 18.6 Å². The van der Waals surface area contributed by atoms with E-state index in [0.29, 0.717) is 28.6 Å². The first kappa shape index (κ1) is 19.8. The van der Waals surface area contributed by atoms with Gasteiger partial charge in [0, 0.05) is 12.5 Å². The van der Waals surface area contributed by atoms with Crippen LogP contribution in [0.1, 0.15) is 24.4 Å². The van der Waals surface area contributed by atoms with Gasteiger partial charge in [0.15, 0.2) is 11.5 Å². The van der Waals surface area contributed by atoms with E-state index in [0.717, 1.165) is 0 Å². The van der Waals surface area contributed by atoms with Crippen LogP contribution < -0.4 is 15.2 Å². The Morgan fingerprint density at radius 1 is 0.750 bits per heavy atom. The first-order valence-corrected chi connectivity index (χ1v) is 8.83. The molecule has 0 aliphatic carbocycles. The van der Waals surface area contributed by atoms with Gasteiger partial charge in [-0.3, -0.25) is 0 Å². The first-order valence-electron chi connectivity index (χ1n) is 8.83. The summed E-state index contributed by atoms with van der Waals surface area (Å²) in [7, 11) is 0. The van der Waals surface area contributed by atoms with E-state index in [4.69, 9.17) is 15.2 Å². The first-order chi connectivity index (χ1) is 13.4. The normalized spacial score (nSPS) is 12.4. The Bertz CT molecular complexity index is 883. The average molecular weight is 387 g/mol. The number of rotatable bonds is 7. The molecule has 0 saturated heterocycles. The molecular weight excluding hydrogens is 367 g/mol. The largest absolute Gasteiger partial charge is 0.453 e. The van der Waals surface area contributed by atoms with Gasteiger partial charge in [-0.15, -0.1) is 0 Å². The van der Waals surface area contributed by atoms with Crippen LogP contribution in [0.15, 0.2) is 78.9 Å². The van der Waals surface area contributed by atoms with Crippen molar-refractivity contribution < 1.29 is 22.6 Å². The highest BCUT2D eigenvalue weighted by Gasteiger charge is 2.28. The Morgan fingerprint density at radius 2 is 1.29 bits per heavy atom. The van der Waals surface area contributed by atoms with Crippen molar-refractivity contribution in [2.24, 2.45) is 5.73 Å². The van der Waals surface area contributed by atoms with Crippen molar-refractivity contribution >= 4 is 0 Å². The monoisotopic (exact) mass is 387 g/mol. The van der Waals surface area contributed by atoms with Crippen LogP contribution in [0.2, 0.25) is 0 Å². The molecule has 0 aromatic heterocycles. The van der Waals surface area contributed by atoms with Crippen LogP contribution in [0.5, 0.6) is 23.0 Å². The standard InChI is InChI=1S/C22H20F3NO2/c23-22(24,25)14-13-19(26)16-11-12-20(27-17-7-3-1-4-8-17)21(15-16)28-18-9-5-2-6-10-18/h1-12,15,19H,13-14,26H2/t19-/m0/s1. The number of alkyl halides is 3. The fourth-order valence-electron chi connectivity index (χ4n) is 2.64. The van der Waals surface area contributed by atoms with Gasteiger partial charge in [0.2, 0.25) is 0 Å². The maximum Gasteiger partial charge on any atom is 0.389 e. The molecular formula is C22H20F3NO2. The number of para-hydroxylation sites is 2. The summed E-state index contributed by atoms with van der Waals surface area (Å²) in [6.45, 7) is 0. The van der Waals surface area contributed by atoms with Gasteiger partial charge in [-0.25, -0.2) is 0 Å². The molecule has 2 N–H and O–H groups in total. The Labute approximate surface area is 161 Å². The lowest BCUT2D eigenvalue weighted by molar-refractivity contribution is -0.136. The molecule has 0 bridgehead atoms. The zero-order chi connectivity index (χ0) is 20.0. The van der Waals surface area contributed by atoms with Crippen LogP contribution in [-0.2, 0) is 0 Å². The molecule has 146 valence electrons. The summed E-state index contributed by atoms with van der Waals surface area (Å²) in [5.41, 5.74) is 6.52. The van der Waals surface area contributed by atoms with Crippen molar-refractivity contribution in [3.05, 3.63) is 84.4 Å². The van der Waals surface area contributed by atoms with Crippen molar-refractivity contribution in [2.45, 2.75) is 25.1 Å². The number of hydrogen-bond acceptors (Lipinski definition) is 3. The highest BCUT2D eigenvalue weighted by Crippen LogP contribution is 2.37. The highest BCUT2D eigenvalue weighted by atomic mass is 19.4. The Hall–Kier alpha value is -2.99. The zero-order valence-electron chi connectivity index (χ0n) is 15.0. The lowest BCUT2D eigenvalue weighted by Gasteiger charge is -2.17. The molecule has 0 spiro atoms. The van der Waals surface area contributed by atoms with E-state index in [1.807, 2.05) is 36.4 Å². The van der Waals surface area contributed by atoms with Crippen LogP contribution in [0.4, 0.5) is 13.2 Å². The Morgan fingerprint density at radius 3 is 1.82 bits per heavy atom. The van der Waals surface area contributed by atoms with Crippen LogP contribution in [-0.4, -0.2) is 6.18 Å². The summed E-state index contributed by atoms with van der Waals surface area (Å²) in [4.78, 5) is 0. The second-order valence-corrected chi connectivity index (χ2v) is 6.30. The summed E-state index contributed by atoms with van der Waals surface area (Å²) < 4.78 is 49.3. The minimum atomic E-state index is -4.24. The maximum absolute atomic E-state index is 12.5. The van der Waals surface area contributed by atoms with E-state index in [-0.39, 0.29) is 6.42 Å². The Balaban J connectivity index is 1.86. The summed E-state index contributed by atoms with van der Waals surface area (Å²) >= 11 is 0. The number of benzene rings is 3. The van der Waals surface area contributed by atoms with E-state index in [2.05, 4.69) is 0 Å². The SMILES string of the molecule is N[C@@H](CCC(F)(F)F)c1ccc(Oc2ccccc2)c(Oc2ccccc2)c1. The molecule has 0 saturated carbocycles. The minimum absolute atomic E-state index is 0.201. The molecule has 6 heteroatoms. The third kappa shape index (κ3) is 5.76. The molecule has 0 unspecified atom stereocenters. The van der Waals surface area contributed by atoms with Crippen molar-refractivity contribution in [3.8, 4) is 23.0 Å². The zero-order valence-corrected chi connectivity index (χ0v) is 15.0. The van der Waals surface area contributed by atoms with Gasteiger partial charge in [0.05, 0.1) is 0 Å². The minimum Gasteiger partial charge on any atom is -0.453 e. The highest BCUT2D eigenvalue weighted by molar-refractivity contribution is 5.48. The van der Waals surface area contributed by atoms with Gasteiger partial charge in [-0.2, -0.15) is 13.2 Å². The molecule has 0 aliphatic rings. The van der Waals surface area contributed by atoms with E-state index in [1.54, 1.807) is 42.5 Å². The number of ether oxygens (including phenoxy) is 2. The summed E-state index contributed by atoms with van der Waals surface area (Å²) in [6.07, 6.45) is -5.38. The molecule has 3 aromatic carbocycles. The molecule has 3 nitrogen and oxygen atoms in total. The molecule has 3 aromatic rings. The number of halogens is 3. The van der Waals surface area contributed by atoms with Crippen LogP contribution in [0, 0.1) is 0 Å². The van der Waals surface area contributed by atoms with Crippen LogP contribution >= 0.6 is 0 Å². The fourth-order valence-corrected chi connectivity index (χ4v) is 2.64. The predicted molar refractivity (Wildman–Crippen MR) is 102 cm³/mol. The molecule has 0 radical (unpaired) electrons. The van der Waals surface area contributed by atoms with Crippen LogP contribution in [0.3, 0.4) is 0 Å². The van der Waals surface area contributed by atoms with E-state index >= 15 is 0 Å². The van der Waals surface area contributed by atoms with E-state index in [9.17, 15) is 13.2 Å². The van der Waals surface area contributed by atoms with Crippen molar-refractivity contribution in [1.29, 1.82) is 0 Å². The van der Waals surface area contributed by atoms with E-state index in [1.165, 1.54) is 0 Å². The van der Waals surface area contributed by atoms with Gasteiger partial charge in [-0.1, -0.05) is 42.5 Å². The molecule has 3 rings (SSSR count). The second kappa shape index (κ2) is 8.80. The number of hydrogen-bond donors (Lipinski definition) is 1. The topological polar surface area (TPSA) is 44.5 Å². The maximum atomic E-state index is 12.5. The molecule has 1 atom stereocenters. The molecule has 0 fully saturated rings. The molecule has 0 heterocycles. The second-order valence-electron chi connectivity index (χ2n) is 6.30. The van der Waals surface area contributed by atoms with Crippen molar-refractivity contribution in [2.75, 3.05) is 0 Å². The lowest BCUT2D eigenvalue weighted by Crippen LogP contribution is -2.15. The smallest absolute Gasteiger partial charge is 0.389 e. The van der Waals surface area contributed by atoms with Crippen LogP contribution in [0.25, 0.3) is 0 Å². The fraction of sp³-hybridized carbons (Fsp3) is 0.182. The summed E-state index contributed by atoms with van der Waals surface area (Å²) in [5, 5.41) is 0. The molecule has 0 amide bonds. The molecule has 28 heavy (non-hydrogen) atoms. The Kier molecular flexibility index (Phi) is 6.21. The lowest BCUT2D eigenvalue weighted by atomic mass is 10.0. The quantitative estimate of drug-likeness (QED) is 0.496. The van der Waals surface area contributed by atoms with Crippen molar-refractivity contribution in [3.63, 3.8) is 0 Å². The van der Waals surface area contributed by atoms with Gasteiger partial charge in [-0.05, 0) is 48.4 Å². The van der Waals surface area contributed by atoms with Gasteiger partial charge >= 0.3 is 6.18 Å². The summed E-state index contributed by atoms with van der Waals surface area (Å²) in [6, 6.07) is 22.4. The molecule has 0 aliphatic heterocycles. The number of nitrogens with two attached hydrogens (primary N) is 1. The average Bonchev–Trinajstić information content (AvgIpc) is 2.68. The van der Waals surface area contributed by atoms with Gasteiger partial charge < -0.3 is 15.2 Å². The van der Waals surface area contributed by atoms with Gasteiger partial charge in [0.1, 0.15) is 11.5 Å².